The number of benzene rings is 1. The lowest BCUT2D eigenvalue weighted by Gasteiger charge is -2.10. The number of para-hydroxylation sites is 1. The average Bonchev–Trinajstić information content (AvgIpc) is 2.76. The minimum Gasteiger partial charge on any atom is -0.492 e. The van der Waals surface area contributed by atoms with Crippen LogP contribution in [0.15, 0.2) is 30.3 Å². The van der Waals surface area contributed by atoms with E-state index in [1.807, 2.05) is 30.3 Å². The van der Waals surface area contributed by atoms with Crippen LogP contribution in [0.5, 0.6) is 5.75 Å². The van der Waals surface area contributed by atoms with E-state index in [9.17, 15) is 13.2 Å². The molecule has 1 aromatic carbocycles. The molecule has 0 saturated carbocycles. The Bertz CT molecular complexity index is 527. The zero-order valence-electron chi connectivity index (χ0n) is 10.5. The van der Waals surface area contributed by atoms with Gasteiger partial charge < -0.3 is 10.1 Å². The van der Waals surface area contributed by atoms with Crippen LogP contribution in [0.2, 0.25) is 0 Å². The number of sulfone groups is 1. The van der Waals surface area contributed by atoms with Crippen LogP contribution in [-0.2, 0) is 14.6 Å². The summed E-state index contributed by atoms with van der Waals surface area (Å²) in [6.07, 6.45) is 0.424. The van der Waals surface area contributed by atoms with E-state index >= 15 is 0 Å². The van der Waals surface area contributed by atoms with Gasteiger partial charge in [-0.2, -0.15) is 0 Å². The molecule has 1 atom stereocenters. The van der Waals surface area contributed by atoms with Crippen molar-refractivity contribution in [3.8, 4) is 5.75 Å². The maximum absolute atomic E-state index is 11.7. The van der Waals surface area contributed by atoms with Crippen LogP contribution in [0.3, 0.4) is 0 Å². The smallest absolute Gasteiger partial charge is 0.224 e. The molecule has 1 N–H and O–H groups in total. The van der Waals surface area contributed by atoms with Crippen molar-refractivity contribution in [2.45, 2.75) is 6.42 Å². The first-order valence-electron chi connectivity index (χ1n) is 6.23. The van der Waals surface area contributed by atoms with Crippen molar-refractivity contribution in [3.05, 3.63) is 30.3 Å². The van der Waals surface area contributed by atoms with Gasteiger partial charge in [-0.1, -0.05) is 18.2 Å². The first-order chi connectivity index (χ1) is 9.07. The maximum Gasteiger partial charge on any atom is 0.224 e. The van der Waals surface area contributed by atoms with E-state index in [1.54, 1.807) is 0 Å². The van der Waals surface area contributed by atoms with Crippen LogP contribution in [0, 0.1) is 5.92 Å². The molecule has 5 nitrogen and oxygen atoms in total. The van der Waals surface area contributed by atoms with Crippen molar-refractivity contribution in [1.29, 1.82) is 0 Å². The van der Waals surface area contributed by atoms with Crippen LogP contribution >= 0.6 is 0 Å². The van der Waals surface area contributed by atoms with E-state index in [0.717, 1.165) is 5.75 Å². The fourth-order valence-corrected chi connectivity index (χ4v) is 3.75. The Morgan fingerprint density at radius 3 is 2.68 bits per heavy atom. The van der Waals surface area contributed by atoms with Gasteiger partial charge in [-0.05, 0) is 18.6 Å². The second-order valence-corrected chi connectivity index (χ2v) is 6.78. The van der Waals surface area contributed by atoms with Gasteiger partial charge in [0.05, 0.1) is 24.0 Å². The highest BCUT2D eigenvalue weighted by molar-refractivity contribution is 7.91. The second kappa shape index (κ2) is 6.06. The predicted octanol–water partition coefficient (Wildman–Crippen LogP) is 0.616. The number of carbonyl (C=O) groups is 1. The molecule has 1 amide bonds. The summed E-state index contributed by atoms with van der Waals surface area (Å²) in [4.78, 5) is 11.7. The molecule has 0 aliphatic carbocycles. The first-order valence-corrected chi connectivity index (χ1v) is 8.05. The van der Waals surface area contributed by atoms with Gasteiger partial charge in [0.25, 0.3) is 0 Å². The Morgan fingerprint density at radius 2 is 2.05 bits per heavy atom. The molecule has 0 spiro atoms. The Kier molecular flexibility index (Phi) is 4.42. The molecule has 1 aliphatic rings. The summed E-state index contributed by atoms with van der Waals surface area (Å²) in [6.45, 7) is 0.750. The van der Waals surface area contributed by atoms with Gasteiger partial charge in [-0.25, -0.2) is 8.42 Å². The Hall–Kier alpha value is -1.56. The third-order valence-electron chi connectivity index (χ3n) is 3.02. The van der Waals surface area contributed by atoms with Crippen LogP contribution in [0.1, 0.15) is 6.42 Å². The molecule has 1 saturated heterocycles. The standard InChI is InChI=1S/C13H17NO4S/c15-13(11-6-9-19(16,17)10-11)14-7-8-18-12-4-2-1-3-5-12/h1-5,11H,6-10H2,(H,14,15). The first kappa shape index (κ1) is 13.9. The lowest BCUT2D eigenvalue weighted by Crippen LogP contribution is -2.34. The van der Waals surface area contributed by atoms with Gasteiger partial charge >= 0.3 is 0 Å². The summed E-state index contributed by atoms with van der Waals surface area (Å²) in [5.41, 5.74) is 0. The molecule has 1 unspecified atom stereocenters. The monoisotopic (exact) mass is 283 g/mol. The predicted molar refractivity (Wildman–Crippen MR) is 71.7 cm³/mol. The fraction of sp³-hybridized carbons (Fsp3) is 0.462. The quantitative estimate of drug-likeness (QED) is 0.804. The summed E-state index contributed by atoms with van der Waals surface area (Å²) in [7, 11) is -3.01. The Balaban J connectivity index is 1.68. The molecule has 6 heteroatoms. The largest absolute Gasteiger partial charge is 0.492 e. The maximum atomic E-state index is 11.7. The number of nitrogens with one attached hydrogen (secondary N) is 1. The Morgan fingerprint density at radius 1 is 1.32 bits per heavy atom. The van der Waals surface area contributed by atoms with Crippen molar-refractivity contribution in [3.63, 3.8) is 0 Å². The molecule has 1 fully saturated rings. The summed E-state index contributed by atoms with van der Waals surface area (Å²) >= 11 is 0. The van der Waals surface area contributed by atoms with E-state index in [-0.39, 0.29) is 17.4 Å². The summed E-state index contributed by atoms with van der Waals surface area (Å²) in [5.74, 6) is 0.240. The summed E-state index contributed by atoms with van der Waals surface area (Å²) in [5, 5.41) is 2.70. The second-order valence-electron chi connectivity index (χ2n) is 4.55. The van der Waals surface area contributed by atoms with Gasteiger partial charge in [0.15, 0.2) is 9.84 Å². The van der Waals surface area contributed by atoms with E-state index < -0.39 is 15.8 Å². The van der Waals surface area contributed by atoms with Gasteiger partial charge in [-0.3, -0.25) is 4.79 Å². The highest BCUT2D eigenvalue weighted by atomic mass is 32.2. The number of hydrogen-bond donors (Lipinski definition) is 1. The highest BCUT2D eigenvalue weighted by Crippen LogP contribution is 2.18. The number of hydrogen-bond acceptors (Lipinski definition) is 4. The molecular weight excluding hydrogens is 266 g/mol. The number of amides is 1. The van der Waals surface area contributed by atoms with Crippen LogP contribution < -0.4 is 10.1 Å². The fourth-order valence-electron chi connectivity index (χ4n) is 2.01. The molecule has 2 rings (SSSR count). The third-order valence-corrected chi connectivity index (χ3v) is 4.78. The van der Waals surface area contributed by atoms with Crippen molar-refractivity contribution in [2.75, 3.05) is 24.7 Å². The molecule has 19 heavy (non-hydrogen) atoms. The van der Waals surface area contributed by atoms with E-state index in [2.05, 4.69) is 5.32 Å². The van der Waals surface area contributed by atoms with Crippen molar-refractivity contribution in [2.24, 2.45) is 5.92 Å². The normalized spacial score (nSPS) is 20.9. The van der Waals surface area contributed by atoms with Gasteiger partial charge in [0, 0.05) is 0 Å². The van der Waals surface area contributed by atoms with Gasteiger partial charge in [0.2, 0.25) is 5.91 Å². The number of rotatable bonds is 5. The molecular formula is C13H17NO4S. The van der Waals surface area contributed by atoms with E-state index in [1.165, 1.54) is 0 Å². The van der Waals surface area contributed by atoms with Crippen molar-refractivity contribution in [1.82, 2.24) is 5.32 Å². The lowest BCUT2D eigenvalue weighted by molar-refractivity contribution is -0.124. The lowest BCUT2D eigenvalue weighted by atomic mass is 10.1. The van der Waals surface area contributed by atoms with Gasteiger partial charge in [-0.15, -0.1) is 0 Å². The van der Waals surface area contributed by atoms with E-state index in [4.69, 9.17) is 4.74 Å². The molecule has 0 aromatic heterocycles. The van der Waals surface area contributed by atoms with Crippen LogP contribution in [0.25, 0.3) is 0 Å². The molecule has 0 bridgehead atoms. The molecule has 104 valence electrons. The summed E-state index contributed by atoms with van der Waals surface area (Å²) in [6, 6.07) is 9.32. The van der Waals surface area contributed by atoms with Crippen LogP contribution in [0.4, 0.5) is 0 Å². The SMILES string of the molecule is O=C(NCCOc1ccccc1)C1CCS(=O)(=O)C1. The zero-order chi connectivity index (χ0) is 13.7. The topological polar surface area (TPSA) is 72.5 Å². The van der Waals surface area contributed by atoms with Gasteiger partial charge in [0.1, 0.15) is 12.4 Å². The highest BCUT2D eigenvalue weighted by Gasteiger charge is 2.32. The Labute approximate surface area is 112 Å². The number of carbonyl (C=O) groups excluding carboxylic acids is 1. The molecule has 1 heterocycles. The molecule has 1 aliphatic heterocycles. The molecule has 0 radical (unpaired) electrons. The molecule has 1 aromatic rings. The van der Waals surface area contributed by atoms with Crippen molar-refractivity contribution < 1.29 is 17.9 Å². The minimum atomic E-state index is -3.01. The summed E-state index contributed by atoms with van der Waals surface area (Å²) < 4.78 is 27.9. The van der Waals surface area contributed by atoms with Crippen molar-refractivity contribution >= 4 is 15.7 Å². The number of ether oxygens (including phenoxy) is 1. The van der Waals surface area contributed by atoms with Crippen LogP contribution in [-0.4, -0.2) is 39.0 Å². The average molecular weight is 283 g/mol. The third kappa shape index (κ3) is 4.24. The van der Waals surface area contributed by atoms with E-state index in [0.29, 0.717) is 19.6 Å². The minimum absolute atomic E-state index is 0.0294. The zero-order valence-corrected chi connectivity index (χ0v) is 11.4.